The number of nitriles is 1. The van der Waals surface area contributed by atoms with Gasteiger partial charge in [-0.25, -0.2) is 4.98 Å². The molecule has 0 bridgehead atoms. The Morgan fingerprint density at radius 2 is 2.14 bits per heavy atom. The van der Waals surface area contributed by atoms with Crippen LogP contribution in [0.4, 0.5) is 0 Å². The lowest BCUT2D eigenvalue weighted by molar-refractivity contribution is -0.132. The number of hydrogen-bond acceptors (Lipinski definition) is 7. The van der Waals surface area contributed by atoms with E-state index in [0.29, 0.717) is 24.5 Å². The highest BCUT2D eigenvalue weighted by Crippen LogP contribution is 2.35. The van der Waals surface area contributed by atoms with Crippen LogP contribution in [0.2, 0.25) is 10.0 Å². The number of benzene rings is 1. The molecule has 183 valence electrons. The summed E-state index contributed by atoms with van der Waals surface area (Å²) in [5, 5.41) is 17.2. The number of rotatable bonds is 5. The van der Waals surface area contributed by atoms with Gasteiger partial charge < -0.3 is 14.3 Å². The molecule has 0 saturated carbocycles. The van der Waals surface area contributed by atoms with Crippen molar-refractivity contribution >= 4 is 46.2 Å². The Bertz CT molecular complexity index is 1440. The van der Waals surface area contributed by atoms with Crippen LogP contribution in [0.25, 0.3) is 0 Å². The molecule has 1 aromatic carbocycles. The largest absolute Gasteiger partial charge is 0.387 e. The molecule has 2 aliphatic heterocycles. The summed E-state index contributed by atoms with van der Waals surface area (Å²) in [6.45, 7) is 0.977. The first-order chi connectivity index (χ1) is 17.4. The zero-order valence-corrected chi connectivity index (χ0v) is 21.3. The van der Waals surface area contributed by atoms with Gasteiger partial charge in [-0.3, -0.25) is 9.59 Å². The van der Waals surface area contributed by atoms with E-state index in [0.717, 1.165) is 34.8 Å². The summed E-state index contributed by atoms with van der Waals surface area (Å²) >= 11 is 13.8. The van der Waals surface area contributed by atoms with Crippen LogP contribution in [-0.4, -0.2) is 39.2 Å². The summed E-state index contributed by atoms with van der Waals surface area (Å²) in [7, 11) is 0. The Morgan fingerprint density at radius 1 is 1.33 bits per heavy atom. The van der Waals surface area contributed by atoms with Crippen molar-refractivity contribution in [3.05, 3.63) is 84.1 Å². The van der Waals surface area contributed by atoms with Crippen molar-refractivity contribution in [2.45, 2.75) is 37.8 Å². The zero-order valence-electron chi connectivity index (χ0n) is 19.0. The number of oxime groups is 1. The minimum Gasteiger partial charge on any atom is -0.387 e. The third kappa shape index (κ3) is 5.03. The van der Waals surface area contributed by atoms with E-state index in [1.54, 1.807) is 22.3 Å². The normalized spacial score (nSPS) is 18.0. The van der Waals surface area contributed by atoms with Crippen LogP contribution in [0.1, 0.15) is 53.1 Å². The van der Waals surface area contributed by atoms with E-state index >= 15 is 0 Å². The maximum Gasteiger partial charge on any atom is 0.269 e. The van der Waals surface area contributed by atoms with Crippen molar-refractivity contribution in [3.63, 3.8) is 0 Å². The van der Waals surface area contributed by atoms with E-state index in [2.05, 4.69) is 11.2 Å². The van der Waals surface area contributed by atoms with Gasteiger partial charge in [-0.05, 0) is 31.0 Å². The van der Waals surface area contributed by atoms with Gasteiger partial charge in [-0.15, -0.1) is 11.3 Å². The van der Waals surface area contributed by atoms with Gasteiger partial charge in [-0.2, -0.15) is 5.26 Å². The number of hydrogen-bond donors (Lipinski definition) is 0. The molecule has 36 heavy (non-hydrogen) atoms. The number of thiazole rings is 1. The standard InChI is InChI=1S/C25H20Cl2N5O3S/c26-17-9-16(11-28)25(34)32(12-17)13-23(33)31-7-5-15(6-8-31)24-29-21(14-36-24)20-10-22(35-30-20)18-3-1-2-4-19(18)27/h1-2,4,9,12,14-15,22H,5-8,10,13H2. The lowest BCUT2D eigenvalue weighted by atomic mass is 9.97. The molecular formula is C25H20Cl2N5O3S. The van der Waals surface area contributed by atoms with Gasteiger partial charge in [-0.1, -0.05) is 40.5 Å². The fourth-order valence-corrected chi connectivity index (χ4v) is 5.86. The molecule has 5 rings (SSSR count). The Hall–Kier alpha value is -3.19. The minimum absolute atomic E-state index is 0.0813. The number of aromatic nitrogens is 2. The smallest absolute Gasteiger partial charge is 0.269 e. The van der Waals surface area contributed by atoms with Crippen molar-refractivity contribution in [1.82, 2.24) is 14.5 Å². The van der Waals surface area contributed by atoms with Crippen molar-refractivity contribution in [3.8, 4) is 6.07 Å². The Balaban J connectivity index is 1.18. The van der Waals surface area contributed by atoms with Gasteiger partial charge >= 0.3 is 0 Å². The summed E-state index contributed by atoms with van der Waals surface area (Å²) < 4.78 is 1.19. The van der Waals surface area contributed by atoms with E-state index in [1.807, 2.05) is 23.6 Å². The predicted molar refractivity (Wildman–Crippen MR) is 136 cm³/mol. The van der Waals surface area contributed by atoms with Crippen LogP contribution in [0.5, 0.6) is 0 Å². The fraction of sp³-hybridized carbons (Fsp3) is 0.320. The van der Waals surface area contributed by atoms with E-state index < -0.39 is 5.56 Å². The molecule has 3 aromatic rings. The molecule has 1 saturated heterocycles. The second-order valence-corrected chi connectivity index (χ2v) is 10.3. The van der Waals surface area contributed by atoms with Crippen LogP contribution in [0, 0.1) is 17.4 Å². The first-order valence-electron chi connectivity index (χ1n) is 11.4. The highest BCUT2D eigenvalue weighted by Gasteiger charge is 2.29. The number of piperidine rings is 1. The Kier molecular flexibility index (Phi) is 7.10. The summed E-state index contributed by atoms with van der Waals surface area (Å²) in [5.74, 6) is 0.0592. The number of nitrogens with zero attached hydrogens (tertiary/aromatic N) is 5. The Labute approximate surface area is 221 Å². The monoisotopic (exact) mass is 540 g/mol. The van der Waals surface area contributed by atoms with Gasteiger partial charge in [0.15, 0.2) is 6.10 Å². The predicted octanol–water partition coefficient (Wildman–Crippen LogP) is 4.56. The fourth-order valence-electron chi connectivity index (χ4n) is 4.39. The SMILES string of the molecule is N#Cc1cc(Cl)cn(CC(=O)N2CCC(c3nc(C4=NOC(c5[c]cccc5Cl)C4)cs3)CC2)c1=O. The molecule has 1 atom stereocenters. The summed E-state index contributed by atoms with van der Waals surface area (Å²) in [6.07, 6.45) is 3.23. The number of halogens is 2. The lowest BCUT2D eigenvalue weighted by Crippen LogP contribution is -2.41. The molecule has 0 N–H and O–H groups in total. The third-order valence-electron chi connectivity index (χ3n) is 6.32. The lowest BCUT2D eigenvalue weighted by Gasteiger charge is -2.31. The zero-order chi connectivity index (χ0) is 25.2. The number of amides is 1. The number of carbonyl (C=O) groups excluding carboxylic acids is 1. The van der Waals surface area contributed by atoms with Crippen molar-refractivity contribution in [2.75, 3.05) is 13.1 Å². The van der Waals surface area contributed by atoms with Crippen molar-refractivity contribution in [2.24, 2.45) is 5.16 Å². The van der Waals surface area contributed by atoms with E-state index in [4.69, 9.17) is 38.3 Å². The molecule has 11 heteroatoms. The molecule has 1 unspecified atom stereocenters. The summed E-state index contributed by atoms with van der Waals surface area (Å²) in [6, 6.07) is 11.7. The molecule has 2 aliphatic rings. The van der Waals surface area contributed by atoms with Gasteiger partial charge in [0.2, 0.25) is 5.91 Å². The van der Waals surface area contributed by atoms with Crippen LogP contribution in [0.15, 0.2) is 45.8 Å². The summed E-state index contributed by atoms with van der Waals surface area (Å²) in [4.78, 5) is 37.3. The molecule has 4 heterocycles. The maximum atomic E-state index is 12.8. The third-order valence-corrected chi connectivity index (χ3v) is 7.86. The average Bonchev–Trinajstić information content (AvgIpc) is 3.56. The van der Waals surface area contributed by atoms with Gasteiger partial charge in [0.25, 0.3) is 5.56 Å². The summed E-state index contributed by atoms with van der Waals surface area (Å²) in [5.41, 5.74) is 1.77. The number of pyridine rings is 1. The molecule has 2 aromatic heterocycles. The number of carbonyl (C=O) groups is 1. The highest BCUT2D eigenvalue weighted by molar-refractivity contribution is 7.10. The molecule has 1 amide bonds. The topological polar surface area (TPSA) is 101 Å². The average molecular weight is 541 g/mol. The van der Waals surface area contributed by atoms with Crippen molar-refractivity contribution in [1.29, 1.82) is 5.26 Å². The molecule has 1 fully saturated rings. The van der Waals surface area contributed by atoms with Crippen LogP contribution in [-0.2, 0) is 16.2 Å². The molecular weight excluding hydrogens is 521 g/mol. The number of likely N-dealkylation sites (tertiary alicyclic amines) is 1. The second kappa shape index (κ2) is 10.4. The molecule has 0 aliphatic carbocycles. The van der Waals surface area contributed by atoms with Crippen LogP contribution in [0.3, 0.4) is 0 Å². The first kappa shape index (κ1) is 24.5. The van der Waals surface area contributed by atoms with Gasteiger partial charge in [0.1, 0.15) is 23.9 Å². The molecule has 1 radical (unpaired) electrons. The maximum absolute atomic E-state index is 12.8. The van der Waals surface area contributed by atoms with E-state index in [-0.39, 0.29) is 35.1 Å². The van der Waals surface area contributed by atoms with Crippen LogP contribution < -0.4 is 5.56 Å². The van der Waals surface area contributed by atoms with E-state index in [9.17, 15) is 9.59 Å². The van der Waals surface area contributed by atoms with Crippen molar-refractivity contribution < 1.29 is 9.63 Å². The highest BCUT2D eigenvalue weighted by atomic mass is 35.5. The molecule has 0 spiro atoms. The van der Waals surface area contributed by atoms with Gasteiger partial charge in [0.05, 0.1) is 15.7 Å². The van der Waals surface area contributed by atoms with Gasteiger partial charge in [0, 0.05) is 47.6 Å². The molecule has 8 nitrogen and oxygen atoms in total. The quantitative estimate of drug-likeness (QED) is 0.472. The first-order valence-corrected chi connectivity index (χ1v) is 13.0. The second-order valence-electron chi connectivity index (χ2n) is 8.61. The minimum atomic E-state index is -0.520. The van der Waals surface area contributed by atoms with Crippen LogP contribution >= 0.6 is 34.5 Å². The van der Waals surface area contributed by atoms with E-state index in [1.165, 1.54) is 16.8 Å². The Morgan fingerprint density at radius 3 is 2.89 bits per heavy atom.